The number of carbonyl (C=O) groups excluding carboxylic acids is 1. The first kappa shape index (κ1) is 12.5. The van der Waals surface area contributed by atoms with Crippen LogP contribution in [0.5, 0.6) is 5.75 Å². The summed E-state index contributed by atoms with van der Waals surface area (Å²) in [4.78, 5) is 11.5. The highest BCUT2D eigenvalue weighted by Crippen LogP contribution is 2.12. The van der Waals surface area contributed by atoms with E-state index in [1.165, 1.54) is 0 Å². The van der Waals surface area contributed by atoms with Crippen LogP contribution in [0.1, 0.15) is 23.2 Å². The van der Waals surface area contributed by atoms with E-state index in [1.807, 2.05) is 0 Å². The van der Waals surface area contributed by atoms with Gasteiger partial charge in [0, 0.05) is 6.61 Å². The third kappa shape index (κ3) is 3.90. The van der Waals surface area contributed by atoms with Gasteiger partial charge in [-0.25, -0.2) is 4.79 Å². The van der Waals surface area contributed by atoms with Gasteiger partial charge in [0.05, 0.1) is 19.3 Å². The maximum Gasteiger partial charge on any atom is 0.338 e. The molecule has 1 aromatic carbocycles. The third-order valence-electron chi connectivity index (χ3n) is 2.11. The van der Waals surface area contributed by atoms with Crippen LogP contribution in [0.25, 0.3) is 0 Å². The summed E-state index contributed by atoms with van der Waals surface area (Å²) in [7, 11) is 1.57. The number of carbonyl (C=O) groups is 1. The van der Waals surface area contributed by atoms with Crippen molar-refractivity contribution in [3.05, 3.63) is 29.8 Å². The van der Waals surface area contributed by atoms with Gasteiger partial charge in [-0.3, -0.25) is 0 Å². The van der Waals surface area contributed by atoms with E-state index in [2.05, 4.69) is 0 Å². The van der Waals surface area contributed by atoms with Crippen LogP contribution in [0, 0.1) is 0 Å². The van der Waals surface area contributed by atoms with Crippen LogP contribution < -0.4 is 4.74 Å². The van der Waals surface area contributed by atoms with E-state index in [4.69, 9.17) is 14.6 Å². The quantitative estimate of drug-likeness (QED) is 0.589. The molecule has 0 saturated carbocycles. The number of unbranched alkanes of at least 4 members (excludes halogenated alkanes) is 1. The van der Waals surface area contributed by atoms with Gasteiger partial charge in [0.1, 0.15) is 5.75 Å². The fraction of sp³-hybridized carbons (Fsp3) is 0.417. The van der Waals surface area contributed by atoms with Crippen molar-refractivity contribution in [2.24, 2.45) is 0 Å². The maximum atomic E-state index is 11.5. The van der Waals surface area contributed by atoms with Crippen LogP contribution in [-0.2, 0) is 4.74 Å². The Bertz CT molecular complexity index is 318. The number of aliphatic hydroxyl groups excluding tert-OH is 1. The Morgan fingerprint density at radius 1 is 1.25 bits per heavy atom. The highest BCUT2D eigenvalue weighted by molar-refractivity contribution is 5.89. The number of methoxy groups -OCH3 is 1. The van der Waals surface area contributed by atoms with E-state index in [9.17, 15) is 4.79 Å². The molecule has 1 rings (SSSR count). The molecule has 0 unspecified atom stereocenters. The zero-order chi connectivity index (χ0) is 11.8. The third-order valence-corrected chi connectivity index (χ3v) is 2.11. The lowest BCUT2D eigenvalue weighted by atomic mass is 10.2. The molecule has 0 aliphatic carbocycles. The second-order valence-electron chi connectivity index (χ2n) is 3.30. The fourth-order valence-electron chi connectivity index (χ4n) is 1.19. The Morgan fingerprint density at radius 3 is 2.50 bits per heavy atom. The summed E-state index contributed by atoms with van der Waals surface area (Å²) >= 11 is 0. The van der Waals surface area contributed by atoms with Gasteiger partial charge in [0.2, 0.25) is 0 Å². The fourth-order valence-corrected chi connectivity index (χ4v) is 1.19. The molecule has 0 bridgehead atoms. The van der Waals surface area contributed by atoms with Crippen LogP contribution in [0.3, 0.4) is 0 Å². The molecule has 0 spiro atoms. The molecule has 88 valence electrons. The SMILES string of the molecule is COc1ccc(C(=O)OCCCCO)cc1. The normalized spacial score (nSPS) is 9.88. The second-order valence-corrected chi connectivity index (χ2v) is 3.30. The van der Waals surface area contributed by atoms with Gasteiger partial charge in [0.25, 0.3) is 0 Å². The van der Waals surface area contributed by atoms with E-state index < -0.39 is 0 Å². The molecule has 0 fully saturated rings. The minimum Gasteiger partial charge on any atom is -0.497 e. The molecule has 0 heterocycles. The van der Waals surface area contributed by atoms with Crippen LogP contribution in [-0.4, -0.2) is 31.4 Å². The minimum atomic E-state index is -0.347. The average molecular weight is 224 g/mol. The molecule has 0 atom stereocenters. The highest BCUT2D eigenvalue weighted by Gasteiger charge is 2.06. The molecule has 0 aliphatic rings. The van der Waals surface area contributed by atoms with Crippen molar-refractivity contribution in [2.75, 3.05) is 20.3 Å². The van der Waals surface area contributed by atoms with Crippen molar-refractivity contribution in [3.63, 3.8) is 0 Å². The predicted molar refractivity (Wildman–Crippen MR) is 59.6 cm³/mol. The second kappa shape index (κ2) is 6.85. The largest absolute Gasteiger partial charge is 0.497 e. The van der Waals surface area contributed by atoms with Gasteiger partial charge in [-0.1, -0.05) is 0 Å². The Labute approximate surface area is 94.8 Å². The van der Waals surface area contributed by atoms with E-state index in [0.717, 1.165) is 0 Å². The van der Waals surface area contributed by atoms with Crippen LogP contribution in [0.4, 0.5) is 0 Å². The summed E-state index contributed by atoms with van der Waals surface area (Å²) in [6, 6.07) is 6.75. The summed E-state index contributed by atoms with van der Waals surface area (Å²) in [5.41, 5.74) is 0.504. The number of ether oxygens (including phenoxy) is 2. The van der Waals surface area contributed by atoms with E-state index in [0.29, 0.717) is 30.8 Å². The van der Waals surface area contributed by atoms with Gasteiger partial charge < -0.3 is 14.6 Å². The molecular weight excluding hydrogens is 208 g/mol. The maximum absolute atomic E-state index is 11.5. The monoisotopic (exact) mass is 224 g/mol. The van der Waals surface area contributed by atoms with Crippen molar-refractivity contribution in [1.29, 1.82) is 0 Å². The molecule has 0 aliphatic heterocycles. The van der Waals surface area contributed by atoms with Crippen molar-refractivity contribution >= 4 is 5.97 Å². The van der Waals surface area contributed by atoms with E-state index >= 15 is 0 Å². The first-order valence-corrected chi connectivity index (χ1v) is 5.20. The smallest absolute Gasteiger partial charge is 0.338 e. The number of benzene rings is 1. The lowest BCUT2D eigenvalue weighted by Gasteiger charge is -2.04. The molecule has 0 aromatic heterocycles. The highest BCUT2D eigenvalue weighted by atomic mass is 16.5. The standard InChI is InChI=1S/C12H16O4/c1-15-11-6-4-10(5-7-11)12(14)16-9-3-2-8-13/h4-7,13H,2-3,8-9H2,1H3. The summed E-state index contributed by atoms with van der Waals surface area (Å²) < 4.78 is 9.99. The number of hydrogen-bond donors (Lipinski definition) is 1. The molecule has 1 N–H and O–H groups in total. The van der Waals surface area contributed by atoms with Crippen molar-refractivity contribution in [1.82, 2.24) is 0 Å². The lowest BCUT2D eigenvalue weighted by Crippen LogP contribution is -2.06. The van der Waals surface area contributed by atoms with Gasteiger partial charge in [-0.2, -0.15) is 0 Å². The van der Waals surface area contributed by atoms with E-state index in [-0.39, 0.29) is 12.6 Å². The Balaban J connectivity index is 2.40. The molecule has 0 radical (unpaired) electrons. The number of esters is 1. The minimum absolute atomic E-state index is 0.125. The summed E-state index contributed by atoms with van der Waals surface area (Å²) in [5, 5.41) is 8.55. The summed E-state index contributed by atoms with van der Waals surface area (Å²) in [6.07, 6.45) is 1.33. The predicted octanol–water partition coefficient (Wildman–Crippen LogP) is 1.62. The summed E-state index contributed by atoms with van der Waals surface area (Å²) in [5.74, 6) is 0.359. The lowest BCUT2D eigenvalue weighted by molar-refractivity contribution is 0.0492. The average Bonchev–Trinajstić information content (AvgIpc) is 2.34. The zero-order valence-corrected chi connectivity index (χ0v) is 9.31. The van der Waals surface area contributed by atoms with Gasteiger partial charge in [-0.05, 0) is 37.1 Å². The van der Waals surface area contributed by atoms with Crippen LogP contribution in [0.15, 0.2) is 24.3 Å². The van der Waals surface area contributed by atoms with Crippen LogP contribution in [0.2, 0.25) is 0 Å². The van der Waals surface area contributed by atoms with Crippen molar-refractivity contribution < 1.29 is 19.4 Å². The number of hydrogen-bond acceptors (Lipinski definition) is 4. The molecule has 4 nitrogen and oxygen atoms in total. The zero-order valence-electron chi connectivity index (χ0n) is 9.31. The van der Waals surface area contributed by atoms with Gasteiger partial charge in [-0.15, -0.1) is 0 Å². The van der Waals surface area contributed by atoms with Crippen molar-refractivity contribution in [3.8, 4) is 5.75 Å². The molecule has 0 saturated heterocycles. The molecule has 1 aromatic rings. The summed E-state index contributed by atoms with van der Waals surface area (Å²) in [6.45, 7) is 0.464. The van der Waals surface area contributed by atoms with E-state index in [1.54, 1.807) is 31.4 Å². The first-order chi connectivity index (χ1) is 7.77. The topological polar surface area (TPSA) is 55.8 Å². The Morgan fingerprint density at radius 2 is 1.94 bits per heavy atom. The molecule has 16 heavy (non-hydrogen) atoms. The molecular formula is C12H16O4. The Kier molecular flexibility index (Phi) is 5.36. The Hall–Kier alpha value is -1.55. The molecule has 4 heteroatoms. The number of aliphatic hydroxyl groups is 1. The van der Waals surface area contributed by atoms with Gasteiger partial charge >= 0.3 is 5.97 Å². The van der Waals surface area contributed by atoms with Crippen LogP contribution >= 0.6 is 0 Å². The molecule has 0 amide bonds. The first-order valence-electron chi connectivity index (χ1n) is 5.20. The van der Waals surface area contributed by atoms with Crippen molar-refractivity contribution in [2.45, 2.75) is 12.8 Å². The number of rotatable bonds is 6. The van der Waals surface area contributed by atoms with Gasteiger partial charge in [0.15, 0.2) is 0 Å².